The lowest BCUT2D eigenvalue weighted by Crippen LogP contribution is -2.31. The minimum absolute atomic E-state index is 0.114. The zero-order valence-corrected chi connectivity index (χ0v) is 14.0. The van der Waals surface area contributed by atoms with Crippen LogP contribution in [0.2, 0.25) is 0 Å². The first-order chi connectivity index (χ1) is 9.36. The number of nitrogens with one attached hydrogen (secondary N) is 1. The number of aromatic nitrogens is 1. The minimum Gasteiger partial charge on any atom is -0.310 e. The monoisotopic (exact) mass is 338 g/mol. The standard InChI is InChI=1S/C16H23BrN2O/c1-16(2,3)12-6-4-11(5-7-12)15(20)19-14-10-13(17)8-9-18-14/h8-12H,4-7H2,1-3H3,(H,18,19,20). The quantitative estimate of drug-likeness (QED) is 0.853. The van der Waals surface area contributed by atoms with Crippen LogP contribution >= 0.6 is 15.9 Å². The number of carbonyl (C=O) groups is 1. The first-order valence-electron chi connectivity index (χ1n) is 7.28. The van der Waals surface area contributed by atoms with Gasteiger partial charge in [0.2, 0.25) is 5.91 Å². The van der Waals surface area contributed by atoms with Crippen molar-refractivity contribution in [2.45, 2.75) is 46.5 Å². The number of halogens is 1. The van der Waals surface area contributed by atoms with E-state index in [0.717, 1.165) is 36.1 Å². The van der Waals surface area contributed by atoms with Crippen LogP contribution < -0.4 is 5.32 Å². The fourth-order valence-corrected chi connectivity index (χ4v) is 3.26. The van der Waals surface area contributed by atoms with Crippen LogP contribution in [0, 0.1) is 17.3 Å². The van der Waals surface area contributed by atoms with Crippen LogP contribution in [0.3, 0.4) is 0 Å². The molecule has 1 aliphatic rings. The Balaban J connectivity index is 1.89. The van der Waals surface area contributed by atoms with Crippen molar-refractivity contribution >= 4 is 27.7 Å². The van der Waals surface area contributed by atoms with Crippen molar-refractivity contribution in [3.8, 4) is 0 Å². The number of hydrogen-bond donors (Lipinski definition) is 1. The molecular formula is C16H23BrN2O. The van der Waals surface area contributed by atoms with Crippen molar-refractivity contribution in [1.82, 2.24) is 4.98 Å². The van der Waals surface area contributed by atoms with Crippen molar-refractivity contribution in [1.29, 1.82) is 0 Å². The van der Waals surface area contributed by atoms with Crippen LogP contribution in [-0.4, -0.2) is 10.9 Å². The van der Waals surface area contributed by atoms with Crippen LogP contribution in [0.25, 0.3) is 0 Å². The lowest BCUT2D eigenvalue weighted by atomic mass is 9.70. The first kappa shape index (κ1) is 15.5. The Kier molecular flexibility index (Phi) is 4.84. The van der Waals surface area contributed by atoms with Gasteiger partial charge in [-0.1, -0.05) is 36.7 Å². The summed E-state index contributed by atoms with van der Waals surface area (Å²) >= 11 is 3.39. The Labute approximate surface area is 129 Å². The molecule has 1 aromatic heterocycles. The molecule has 1 heterocycles. The lowest BCUT2D eigenvalue weighted by molar-refractivity contribution is -0.121. The van der Waals surface area contributed by atoms with Crippen molar-refractivity contribution in [2.24, 2.45) is 17.3 Å². The molecule has 4 heteroatoms. The summed E-state index contributed by atoms with van der Waals surface area (Å²) in [5.74, 6) is 1.61. The topological polar surface area (TPSA) is 42.0 Å². The second kappa shape index (κ2) is 6.25. The van der Waals surface area contributed by atoms with Gasteiger partial charge in [0.1, 0.15) is 5.82 Å². The molecule has 1 N–H and O–H groups in total. The van der Waals surface area contributed by atoms with Crippen molar-refractivity contribution in [3.63, 3.8) is 0 Å². The van der Waals surface area contributed by atoms with E-state index in [-0.39, 0.29) is 11.8 Å². The van der Waals surface area contributed by atoms with E-state index < -0.39 is 0 Å². The number of hydrogen-bond acceptors (Lipinski definition) is 2. The highest BCUT2D eigenvalue weighted by molar-refractivity contribution is 9.10. The molecule has 2 rings (SSSR count). The molecule has 1 aromatic rings. The van der Waals surface area contributed by atoms with Crippen molar-refractivity contribution in [3.05, 3.63) is 22.8 Å². The maximum atomic E-state index is 12.3. The molecule has 3 nitrogen and oxygen atoms in total. The summed E-state index contributed by atoms with van der Waals surface area (Å²) < 4.78 is 0.930. The normalized spacial score (nSPS) is 23.4. The van der Waals surface area contributed by atoms with Crippen LogP contribution in [-0.2, 0) is 4.79 Å². The molecule has 1 fully saturated rings. The molecule has 0 atom stereocenters. The van der Waals surface area contributed by atoms with E-state index >= 15 is 0 Å². The average Bonchev–Trinajstić information content (AvgIpc) is 2.38. The Morgan fingerprint density at radius 2 is 1.95 bits per heavy atom. The fraction of sp³-hybridized carbons (Fsp3) is 0.625. The summed E-state index contributed by atoms with van der Waals surface area (Å²) in [5, 5.41) is 2.93. The SMILES string of the molecule is CC(C)(C)C1CCC(C(=O)Nc2cc(Br)ccn2)CC1. The van der Waals surface area contributed by atoms with E-state index in [1.807, 2.05) is 12.1 Å². The number of nitrogens with zero attached hydrogens (tertiary/aromatic N) is 1. The predicted molar refractivity (Wildman–Crippen MR) is 85.5 cm³/mol. The molecule has 0 radical (unpaired) electrons. The Morgan fingerprint density at radius 1 is 1.30 bits per heavy atom. The van der Waals surface area contributed by atoms with Gasteiger partial charge in [0.25, 0.3) is 0 Å². The van der Waals surface area contributed by atoms with E-state index in [1.165, 1.54) is 0 Å². The third-order valence-corrected chi connectivity index (χ3v) is 4.79. The highest BCUT2D eigenvalue weighted by Gasteiger charge is 2.32. The molecular weight excluding hydrogens is 316 g/mol. The number of amides is 1. The second-order valence-corrected chi connectivity index (χ2v) is 7.68. The van der Waals surface area contributed by atoms with E-state index in [4.69, 9.17) is 0 Å². The average molecular weight is 339 g/mol. The molecule has 0 bridgehead atoms. The maximum absolute atomic E-state index is 12.3. The maximum Gasteiger partial charge on any atom is 0.228 e. The summed E-state index contributed by atoms with van der Waals surface area (Å²) in [5.41, 5.74) is 0.354. The third-order valence-electron chi connectivity index (χ3n) is 4.30. The molecule has 0 spiro atoms. The Morgan fingerprint density at radius 3 is 2.50 bits per heavy atom. The first-order valence-corrected chi connectivity index (χ1v) is 8.08. The van der Waals surface area contributed by atoms with Crippen LogP contribution in [0.15, 0.2) is 22.8 Å². The van der Waals surface area contributed by atoms with Gasteiger partial charge in [-0.2, -0.15) is 0 Å². The van der Waals surface area contributed by atoms with E-state index in [0.29, 0.717) is 11.2 Å². The summed E-state index contributed by atoms with van der Waals surface area (Å²) in [7, 11) is 0. The Bertz CT molecular complexity index is 474. The summed E-state index contributed by atoms with van der Waals surface area (Å²) in [6.07, 6.45) is 5.96. The lowest BCUT2D eigenvalue weighted by Gasteiger charge is -2.36. The van der Waals surface area contributed by atoms with Crippen LogP contribution in [0.5, 0.6) is 0 Å². The molecule has 0 aromatic carbocycles. The van der Waals surface area contributed by atoms with Gasteiger partial charge in [0.15, 0.2) is 0 Å². The highest BCUT2D eigenvalue weighted by atomic mass is 79.9. The van der Waals surface area contributed by atoms with Gasteiger partial charge < -0.3 is 5.32 Å². The summed E-state index contributed by atoms with van der Waals surface area (Å²) in [6, 6.07) is 3.68. The predicted octanol–water partition coefficient (Wildman–Crippen LogP) is 4.64. The number of pyridine rings is 1. The fourth-order valence-electron chi connectivity index (χ4n) is 2.92. The van der Waals surface area contributed by atoms with Crippen LogP contribution in [0.4, 0.5) is 5.82 Å². The molecule has 1 amide bonds. The van der Waals surface area contributed by atoms with E-state index in [2.05, 4.69) is 47.0 Å². The van der Waals surface area contributed by atoms with E-state index in [9.17, 15) is 4.79 Å². The van der Waals surface area contributed by atoms with Crippen LogP contribution in [0.1, 0.15) is 46.5 Å². The van der Waals surface area contributed by atoms with Crippen molar-refractivity contribution in [2.75, 3.05) is 5.32 Å². The zero-order chi connectivity index (χ0) is 14.8. The molecule has 0 aliphatic heterocycles. The second-order valence-electron chi connectivity index (χ2n) is 6.76. The van der Waals surface area contributed by atoms with Gasteiger partial charge >= 0.3 is 0 Å². The third kappa shape index (κ3) is 4.05. The molecule has 0 unspecified atom stereocenters. The summed E-state index contributed by atoms with van der Waals surface area (Å²) in [6.45, 7) is 6.89. The zero-order valence-electron chi connectivity index (χ0n) is 12.4. The molecule has 1 aliphatic carbocycles. The van der Waals surface area contributed by atoms with E-state index in [1.54, 1.807) is 6.20 Å². The molecule has 1 saturated carbocycles. The van der Waals surface area contributed by atoms with Gasteiger partial charge in [-0.15, -0.1) is 0 Å². The smallest absolute Gasteiger partial charge is 0.228 e. The highest BCUT2D eigenvalue weighted by Crippen LogP contribution is 2.40. The van der Waals surface area contributed by atoms with Crippen molar-refractivity contribution < 1.29 is 4.79 Å². The van der Waals surface area contributed by atoms with Gasteiger partial charge in [-0.3, -0.25) is 4.79 Å². The number of anilines is 1. The summed E-state index contributed by atoms with van der Waals surface area (Å²) in [4.78, 5) is 16.4. The Hall–Kier alpha value is -0.900. The van der Waals surface area contributed by atoms with Gasteiger partial charge in [0.05, 0.1) is 0 Å². The minimum atomic E-state index is 0.114. The van der Waals surface area contributed by atoms with Gasteiger partial charge in [-0.05, 0) is 49.1 Å². The number of rotatable bonds is 2. The van der Waals surface area contributed by atoms with Gasteiger partial charge in [0, 0.05) is 16.6 Å². The number of carbonyl (C=O) groups excluding carboxylic acids is 1. The van der Waals surface area contributed by atoms with Gasteiger partial charge in [-0.25, -0.2) is 4.98 Å². The molecule has 0 saturated heterocycles. The molecule has 110 valence electrons. The largest absolute Gasteiger partial charge is 0.310 e. The molecule has 20 heavy (non-hydrogen) atoms.